The van der Waals surface area contributed by atoms with Gasteiger partial charge < -0.3 is 10.3 Å². The molecule has 23 heavy (non-hydrogen) atoms. The Morgan fingerprint density at radius 1 is 1.39 bits per heavy atom. The van der Waals surface area contributed by atoms with E-state index in [2.05, 4.69) is 15.4 Å². The average Bonchev–Trinajstić information content (AvgIpc) is 3.15. The Balaban J connectivity index is 1.72. The summed E-state index contributed by atoms with van der Waals surface area (Å²) in [4.78, 5) is 27.1. The molecule has 7 nitrogen and oxygen atoms in total. The maximum atomic E-state index is 12.3. The zero-order chi connectivity index (χ0) is 16.4. The number of hydrogen-bond donors (Lipinski definition) is 2. The Labute approximate surface area is 134 Å². The minimum Gasteiger partial charge on any atom is -0.357 e. The second-order valence-corrected chi connectivity index (χ2v) is 6.29. The fourth-order valence-corrected chi connectivity index (χ4v) is 3.38. The molecule has 2 atom stereocenters. The largest absolute Gasteiger partial charge is 0.357 e. The Morgan fingerprint density at radius 3 is 2.83 bits per heavy atom. The summed E-state index contributed by atoms with van der Waals surface area (Å²) in [6.07, 6.45) is 6.74. The topological polar surface area (TPSA) is 84.7 Å². The van der Waals surface area contributed by atoms with Crippen LogP contribution in [0.4, 0.5) is 0 Å². The third-order valence-corrected chi connectivity index (χ3v) is 4.73. The molecule has 0 radical (unpaired) electrons. The van der Waals surface area contributed by atoms with Gasteiger partial charge in [0.05, 0.1) is 0 Å². The van der Waals surface area contributed by atoms with E-state index in [1.165, 1.54) is 4.68 Å². The van der Waals surface area contributed by atoms with Gasteiger partial charge in [0, 0.05) is 32.8 Å². The molecule has 0 saturated heterocycles. The molecular weight excluding hydrogens is 294 g/mol. The molecule has 0 aromatic carbocycles. The molecule has 0 spiro atoms. The Kier molecular flexibility index (Phi) is 4.36. The normalized spacial score (nSPS) is 21.3. The monoisotopic (exact) mass is 317 g/mol. The molecule has 1 aliphatic rings. The molecule has 1 saturated carbocycles. The number of aromatic nitrogens is 4. The molecule has 7 heteroatoms. The molecular formula is C16H23N5O2. The van der Waals surface area contributed by atoms with Gasteiger partial charge in [-0.05, 0) is 30.9 Å². The summed E-state index contributed by atoms with van der Waals surface area (Å²) in [5, 5.41) is 7.46. The van der Waals surface area contributed by atoms with Crippen molar-refractivity contribution in [3.63, 3.8) is 0 Å². The highest BCUT2D eigenvalue weighted by Gasteiger charge is 2.28. The quantitative estimate of drug-likeness (QED) is 0.881. The maximum absolute atomic E-state index is 12.3. The van der Waals surface area contributed by atoms with Crippen molar-refractivity contribution in [3.05, 3.63) is 40.3 Å². The lowest BCUT2D eigenvalue weighted by Crippen LogP contribution is -2.43. The first-order valence-electron chi connectivity index (χ1n) is 8.09. The van der Waals surface area contributed by atoms with Crippen LogP contribution < -0.4 is 11.0 Å². The van der Waals surface area contributed by atoms with Crippen LogP contribution in [0, 0.1) is 5.92 Å². The number of carbonyl (C=O) groups is 1. The predicted molar refractivity (Wildman–Crippen MR) is 86.2 cm³/mol. The van der Waals surface area contributed by atoms with E-state index in [1.54, 1.807) is 30.9 Å². The molecule has 2 aromatic heterocycles. The van der Waals surface area contributed by atoms with E-state index in [0.29, 0.717) is 18.0 Å². The summed E-state index contributed by atoms with van der Waals surface area (Å²) < 4.78 is 2.96. The molecule has 0 aliphatic heterocycles. The number of nitrogens with one attached hydrogen (secondary N) is 2. The summed E-state index contributed by atoms with van der Waals surface area (Å²) >= 11 is 0. The summed E-state index contributed by atoms with van der Waals surface area (Å²) in [6, 6.07) is 3.71. The molecule has 3 rings (SSSR count). The van der Waals surface area contributed by atoms with E-state index >= 15 is 0 Å². The van der Waals surface area contributed by atoms with Gasteiger partial charge in [-0.25, -0.2) is 9.48 Å². The zero-order valence-corrected chi connectivity index (χ0v) is 13.6. The van der Waals surface area contributed by atoms with Gasteiger partial charge in [-0.1, -0.05) is 12.8 Å². The molecule has 1 amide bonds. The second-order valence-electron chi connectivity index (χ2n) is 6.29. The van der Waals surface area contributed by atoms with E-state index in [-0.39, 0.29) is 17.6 Å². The van der Waals surface area contributed by atoms with Gasteiger partial charge in [0.1, 0.15) is 11.5 Å². The number of aromatic amines is 1. The smallest absolute Gasteiger partial charge is 0.345 e. The van der Waals surface area contributed by atoms with E-state index in [9.17, 15) is 9.59 Å². The van der Waals surface area contributed by atoms with E-state index in [0.717, 1.165) is 31.5 Å². The van der Waals surface area contributed by atoms with Crippen LogP contribution >= 0.6 is 0 Å². The zero-order valence-electron chi connectivity index (χ0n) is 13.6. The number of carbonyl (C=O) groups excluding carboxylic acids is 1. The van der Waals surface area contributed by atoms with E-state index in [4.69, 9.17) is 0 Å². The highest BCUT2D eigenvalue weighted by Crippen LogP contribution is 2.27. The van der Waals surface area contributed by atoms with Crippen molar-refractivity contribution in [2.45, 2.75) is 38.1 Å². The van der Waals surface area contributed by atoms with Crippen molar-refractivity contribution < 1.29 is 4.79 Å². The molecule has 2 N–H and O–H groups in total. The molecule has 0 unspecified atom stereocenters. The van der Waals surface area contributed by atoms with Crippen molar-refractivity contribution in [2.24, 2.45) is 20.0 Å². The van der Waals surface area contributed by atoms with Gasteiger partial charge >= 0.3 is 5.69 Å². The van der Waals surface area contributed by atoms with Gasteiger partial charge in [-0.2, -0.15) is 5.10 Å². The molecule has 2 aromatic rings. The van der Waals surface area contributed by atoms with Crippen LogP contribution in [0.25, 0.3) is 0 Å². The minimum absolute atomic E-state index is 0.0678. The van der Waals surface area contributed by atoms with Crippen LogP contribution in [0.5, 0.6) is 0 Å². The summed E-state index contributed by atoms with van der Waals surface area (Å²) in [5.41, 5.74) is 0.474. The highest BCUT2D eigenvalue weighted by atomic mass is 16.2. The Bertz CT molecular complexity index is 728. The van der Waals surface area contributed by atoms with E-state index in [1.807, 2.05) is 6.07 Å². The van der Waals surface area contributed by atoms with Crippen molar-refractivity contribution in [1.29, 1.82) is 0 Å². The number of amides is 1. The van der Waals surface area contributed by atoms with Crippen LogP contribution in [0.3, 0.4) is 0 Å². The number of H-pyrrole nitrogens is 1. The van der Waals surface area contributed by atoms with Gasteiger partial charge in [0.2, 0.25) is 0 Å². The first-order valence-corrected chi connectivity index (χ1v) is 8.09. The van der Waals surface area contributed by atoms with E-state index < -0.39 is 0 Å². The first-order chi connectivity index (χ1) is 11.1. The van der Waals surface area contributed by atoms with Gasteiger partial charge in [-0.15, -0.1) is 0 Å². The number of hydrogen-bond acceptors (Lipinski definition) is 3. The highest BCUT2D eigenvalue weighted by molar-refractivity contribution is 5.92. The molecule has 2 heterocycles. The lowest BCUT2D eigenvalue weighted by Gasteiger charge is -2.31. The average molecular weight is 317 g/mol. The van der Waals surface area contributed by atoms with Crippen LogP contribution in [0.15, 0.2) is 23.1 Å². The van der Waals surface area contributed by atoms with Crippen LogP contribution in [-0.2, 0) is 20.5 Å². The Hall–Kier alpha value is -2.31. The lowest BCUT2D eigenvalue weighted by atomic mass is 9.82. The number of aryl methyl sites for hydroxylation is 1. The minimum atomic E-state index is -0.109. The molecule has 124 valence electrons. The fraction of sp³-hybridized carbons (Fsp3) is 0.562. The third kappa shape index (κ3) is 3.23. The van der Waals surface area contributed by atoms with Gasteiger partial charge in [-0.3, -0.25) is 9.36 Å². The van der Waals surface area contributed by atoms with Crippen molar-refractivity contribution >= 4 is 5.91 Å². The summed E-state index contributed by atoms with van der Waals surface area (Å²) in [6.45, 7) is 0. The number of nitrogens with zero attached hydrogens (tertiary/aromatic N) is 3. The first kappa shape index (κ1) is 15.6. The fourth-order valence-electron chi connectivity index (χ4n) is 3.38. The Morgan fingerprint density at radius 2 is 2.17 bits per heavy atom. The molecule has 1 fully saturated rings. The van der Waals surface area contributed by atoms with Crippen molar-refractivity contribution in [3.8, 4) is 0 Å². The van der Waals surface area contributed by atoms with Gasteiger partial charge in [0.15, 0.2) is 0 Å². The second kappa shape index (κ2) is 6.44. The molecule has 0 bridgehead atoms. The summed E-state index contributed by atoms with van der Waals surface area (Å²) in [5.74, 6) is 1.02. The van der Waals surface area contributed by atoms with Crippen LogP contribution in [0.1, 0.15) is 42.0 Å². The van der Waals surface area contributed by atoms with Crippen molar-refractivity contribution in [2.75, 3.05) is 0 Å². The maximum Gasteiger partial charge on any atom is 0.345 e. The SMILES string of the molecule is Cn1nc(C[C@H]2CCCC[C@H]2NC(=O)c2ccc[nH]2)n(C)c1=O. The van der Waals surface area contributed by atoms with Crippen molar-refractivity contribution in [1.82, 2.24) is 24.6 Å². The van der Waals surface area contributed by atoms with Gasteiger partial charge in [0.25, 0.3) is 5.91 Å². The standard InChI is InChI=1S/C16H23N5O2/c1-20-14(19-21(2)16(20)23)10-11-6-3-4-7-12(11)18-15(22)13-8-5-9-17-13/h5,8-9,11-12,17H,3-4,6-7,10H2,1-2H3,(H,18,22)/t11-,12-/m1/s1. The number of rotatable bonds is 4. The third-order valence-electron chi connectivity index (χ3n) is 4.73. The molecule has 1 aliphatic carbocycles. The summed E-state index contributed by atoms with van der Waals surface area (Å²) in [7, 11) is 3.41. The van der Waals surface area contributed by atoms with Crippen LogP contribution in [0.2, 0.25) is 0 Å². The lowest BCUT2D eigenvalue weighted by molar-refractivity contribution is 0.0900. The van der Waals surface area contributed by atoms with Crippen LogP contribution in [-0.4, -0.2) is 31.3 Å². The predicted octanol–water partition coefficient (Wildman–Crippen LogP) is 0.978.